The number of nitrogens with zero attached hydrogens (tertiary/aromatic N) is 1. The van der Waals surface area contributed by atoms with Crippen LogP contribution < -0.4 is 4.72 Å². The summed E-state index contributed by atoms with van der Waals surface area (Å²) < 4.78 is 27.3. The second-order valence-electron chi connectivity index (χ2n) is 3.75. The van der Waals surface area contributed by atoms with E-state index < -0.39 is 10.0 Å². The summed E-state index contributed by atoms with van der Waals surface area (Å²) in [5, 5.41) is -0.0521. The van der Waals surface area contributed by atoms with Crippen molar-refractivity contribution in [3.8, 4) is 0 Å². The molecule has 0 aliphatic carbocycles. The molecule has 0 saturated heterocycles. The minimum Gasteiger partial charge on any atom is -0.242 e. The van der Waals surface area contributed by atoms with Gasteiger partial charge in [-0.15, -0.1) is 0 Å². The van der Waals surface area contributed by atoms with Crippen LogP contribution in [0.2, 0.25) is 5.15 Å². The third-order valence-corrected chi connectivity index (χ3v) is 4.63. The van der Waals surface area contributed by atoms with Crippen LogP contribution in [0.3, 0.4) is 0 Å². The van der Waals surface area contributed by atoms with E-state index in [1.807, 2.05) is 30.3 Å². The molecule has 19 heavy (non-hydrogen) atoms. The van der Waals surface area contributed by atoms with Crippen LogP contribution in [0.15, 0.2) is 52.0 Å². The van der Waals surface area contributed by atoms with Crippen LogP contribution in [0.4, 0.5) is 0 Å². The first-order valence-corrected chi connectivity index (χ1v) is 7.99. The normalized spacial score (nSPS) is 11.5. The van der Waals surface area contributed by atoms with Gasteiger partial charge in [0.2, 0.25) is 10.0 Å². The number of hydrogen-bond donors (Lipinski definition) is 1. The molecule has 4 nitrogen and oxygen atoms in total. The Morgan fingerprint density at radius 1 is 1.26 bits per heavy atom. The molecule has 2 aromatic rings. The second kappa shape index (κ2) is 6.00. The highest BCUT2D eigenvalue weighted by atomic mass is 79.9. The SMILES string of the molecule is O=S(=O)(NCc1ccccc1)c1cc(Br)cnc1Cl. The van der Waals surface area contributed by atoms with Crippen molar-refractivity contribution in [3.05, 3.63) is 57.8 Å². The lowest BCUT2D eigenvalue weighted by Gasteiger charge is -2.08. The number of halogens is 2. The molecule has 0 bridgehead atoms. The molecule has 0 spiro atoms. The maximum Gasteiger partial charge on any atom is 0.243 e. The van der Waals surface area contributed by atoms with E-state index in [1.54, 1.807) is 0 Å². The molecule has 1 aromatic carbocycles. The van der Waals surface area contributed by atoms with E-state index in [2.05, 4.69) is 25.6 Å². The van der Waals surface area contributed by atoms with Crippen molar-refractivity contribution in [3.63, 3.8) is 0 Å². The van der Waals surface area contributed by atoms with Gasteiger partial charge < -0.3 is 0 Å². The molecular formula is C12H10BrClN2O2S. The zero-order valence-corrected chi connectivity index (χ0v) is 12.8. The van der Waals surface area contributed by atoms with E-state index in [1.165, 1.54) is 12.3 Å². The van der Waals surface area contributed by atoms with Crippen molar-refractivity contribution in [2.75, 3.05) is 0 Å². The zero-order chi connectivity index (χ0) is 13.9. The highest BCUT2D eigenvalue weighted by molar-refractivity contribution is 9.10. The first-order valence-electron chi connectivity index (χ1n) is 5.34. The van der Waals surface area contributed by atoms with Crippen LogP contribution in [0, 0.1) is 0 Å². The maximum atomic E-state index is 12.1. The van der Waals surface area contributed by atoms with Gasteiger partial charge in [-0.2, -0.15) is 0 Å². The van der Waals surface area contributed by atoms with Gasteiger partial charge in [0, 0.05) is 17.2 Å². The third kappa shape index (κ3) is 3.76. The van der Waals surface area contributed by atoms with Crippen LogP contribution in [-0.4, -0.2) is 13.4 Å². The fraction of sp³-hybridized carbons (Fsp3) is 0.0833. The van der Waals surface area contributed by atoms with Gasteiger partial charge in [-0.3, -0.25) is 0 Å². The van der Waals surface area contributed by atoms with Crippen LogP contribution in [0.5, 0.6) is 0 Å². The second-order valence-corrected chi connectivity index (χ2v) is 6.76. The van der Waals surface area contributed by atoms with E-state index in [4.69, 9.17) is 11.6 Å². The molecule has 0 fully saturated rings. The number of rotatable bonds is 4. The molecule has 2 rings (SSSR count). The predicted molar refractivity (Wildman–Crippen MR) is 77.4 cm³/mol. The molecule has 0 aliphatic heterocycles. The lowest BCUT2D eigenvalue weighted by atomic mass is 10.2. The van der Waals surface area contributed by atoms with E-state index in [0.717, 1.165) is 5.56 Å². The van der Waals surface area contributed by atoms with Crippen molar-refractivity contribution < 1.29 is 8.42 Å². The molecule has 0 atom stereocenters. The lowest BCUT2D eigenvalue weighted by molar-refractivity contribution is 0.581. The van der Waals surface area contributed by atoms with Crippen LogP contribution >= 0.6 is 27.5 Å². The average molecular weight is 362 g/mol. The van der Waals surface area contributed by atoms with Crippen molar-refractivity contribution >= 4 is 37.6 Å². The summed E-state index contributed by atoms with van der Waals surface area (Å²) in [4.78, 5) is 3.76. The zero-order valence-electron chi connectivity index (χ0n) is 9.68. The maximum absolute atomic E-state index is 12.1. The Labute approximate surface area is 125 Å². The van der Waals surface area contributed by atoms with Gasteiger partial charge in [-0.25, -0.2) is 18.1 Å². The summed E-state index contributed by atoms with van der Waals surface area (Å²) in [5.41, 5.74) is 0.866. The number of nitrogens with one attached hydrogen (secondary N) is 1. The van der Waals surface area contributed by atoms with E-state index in [9.17, 15) is 8.42 Å². The molecule has 1 heterocycles. The smallest absolute Gasteiger partial charge is 0.242 e. The lowest BCUT2D eigenvalue weighted by Crippen LogP contribution is -2.23. The fourth-order valence-corrected chi connectivity index (χ4v) is 3.40. The molecule has 0 amide bonds. The van der Waals surface area contributed by atoms with Gasteiger partial charge in [-0.1, -0.05) is 41.9 Å². The molecule has 1 aromatic heterocycles. The quantitative estimate of drug-likeness (QED) is 0.852. The number of aromatic nitrogens is 1. The molecule has 0 saturated carbocycles. The minimum absolute atomic E-state index is 0.0422. The van der Waals surface area contributed by atoms with Crippen molar-refractivity contribution in [2.45, 2.75) is 11.4 Å². The average Bonchev–Trinajstić information content (AvgIpc) is 2.40. The van der Waals surface area contributed by atoms with Crippen molar-refractivity contribution in [1.82, 2.24) is 9.71 Å². The monoisotopic (exact) mass is 360 g/mol. The van der Waals surface area contributed by atoms with Gasteiger partial charge >= 0.3 is 0 Å². The van der Waals surface area contributed by atoms with Crippen LogP contribution in [0.1, 0.15) is 5.56 Å². The third-order valence-electron chi connectivity index (χ3n) is 2.37. The summed E-state index contributed by atoms with van der Waals surface area (Å²) in [6.45, 7) is 0.200. The molecule has 0 unspecified atom stereocenters. The molecule has 100 valence electrons. The van der Waals surface area contributed by atoms with Gasteiger partial charge in [0.05, 0.1) is 0 Å². The molecule has 0 aliphatic rings. The molecule has 7 heteroatoms. The Morgan fingerprint density at radius 3 is 2.63 bits per heavy atom. The van der Waals surface area contributed by atoms with Crippen molar-refractivity contribution in [1.29, 1.82) is 0 Å². The minimum atomic E-state index is -3.69. The fourth-order valence-electron chi connectivity index (χ4n) is 1.44. The van der Waals surface area contributed by atoms with E-state index in [0.29, 0.717) is 4.47 Å². The number of benzene rings is 1. The van der Waals surface area contributed by atoms with E-state index >= 15 is 0 Å². The Hall–Kier alpha value is -0.950. The predicted octanol–water partition coefficient (Wildman–Crippen LogP) is 2.98. The Morgan fingerprint density at radius 2 is 1.95 bits per heavy atom. The summed E-state index contributed by atoms with van der Waals surface area (Å²) in [6, 6.07) is 10.6. The molecule has 1 N–H and O–H groups in total. The standard InChI is InChI=1S/C12H10BrClN2O2S/c13-10-6-11(12(14)15-8-10)19(17,18)16-7-9-4-2-1-3-5-9/h1-6,8,16H,7H2. The van der Waals surface area contributed by atoms with Gasteiger partial charge in [-0.05, 0) is 27.6 Å². The van der Waals surface area contributed by atoms with Crippen molar-refractivity contribution in [2.24, 2.45) is 0 Å². The van der Waals surface area contributed by atoms with Crippen LogP contribution in [-0.2, 0) is 16.6 Å². The number of pyridine rings is 1. The first kappa shape index (κ1) is 14.5. The highest BCUT2D eigenvalue weighted by Gasteiger charge is 2.18. The summed E-state index contributed by atoms with van der Waals surface area (Å²) in [5.74, 6) is 0. The summed E-state index contributed by atoms with van der Waals surface area (Å²) >= 11 is 8.98. The van der Waals surface area contributed by atoms with Gasteiger partial charge in [0.25, 0.3) is 0 Å². The van der Waals surface area contributed by atoms with E-state index in [-0.39, 0.29) is 16.6 Å². The van der Waals surface area contributed by atoms with Gasteiger partial charge in [0.15, 0.2) is 0 Å². The topological polar surface area (TPSA) is 59.1 Å². The number of sulfonamides is 1. The summed E-state index contributed by atoms with van der Waals surface area (Å²) in [7, 11) is -3.69. The van der Waals surface area contributed by atoms with Gasteiger partial charge in [0.1, 0.15) is 10.0 Å². The van der Waals surface area contributed by atoms with Crippen LogP contribution in [0.25, 0.3) is 0 Å². The largest absolute Gasteiger partial charge is 0.243 e. The Balaban J connectivity index is 2.21. The number of hydrogen-bond acceptors (Lipinski definition) is 3. The summed E-state index contributed by atoms with van der Waals surface area (Å²) in [6.07, 6.45) is 1.44. The highest BCUT2D eigenvalue weighted by Crippen LogP contribution is 2.22. The Bertz CT molecular complexity index is 677. The molecule has 0 radical (unpaired) electrons. The Kier molecular flexibility index (Phi) is 4.57. The molecular weight excluding hydrogens is 352 g/mol. The first-order chi connectivity index (χ1) is 8.99.